The molecule has 0 bridgehead atoms. The Hall–Kier alpha value is -0.810. The quantitative estimate of drug-likeness (QED) is 0.801. The second-order valence-corrected chi connectivity index (χ2v) is 4.85. The van der Waals surface area contributed by atoms with Gasteiger partial charge < -0.3 is 5.73 Å². The van der Waals surface area contributed by atoms with Gasteiger partial charge in [0.1, 0.15) is 5.82 Å². The third-order valence-corrected chi connectivity index (χ3v) is 2.73. The molecule has 0 aliphatic heterocycles. The standard InChI is InChI=1S/C13H17F4N.ClH/c1-8(2)3-4-12(18)9-5-10(13(15,16)17)7-11(14)6-9;/h5-8,12H,3-4,18H2,1-2H3;1H/t12-;/m1./s1. The van der Waals surface area contributed by atoms with Crippen molar-refractivity contribution in [2.75, 3.05) is 0 Å². The van der Waals surface area contributed by atoms with Gasteiger partial charge >= 0.3 is 6.18 Å². The summed E-state index contributed by atoms with van der Waals surface area (Å²) in [6.45, 7) is 4.00. The van der Waals surface area contributed by atoms with E-state index in [1.54, 1.807) is 0 Å². The number of hydrogen-bond donors (Lipinski definition) is 1. The minimum atomic E-state index is -4.55. The summed E-state index contributed by atoms with van der Waals surface area (Å²) in [5, 5.41) is 0. The predicted octanol–water partition coefficient (Wildman–Crippen LogP) is 4.70. The summed E-state index contributed by atoms with van der Waals surface area (Å²) >= 11 is 0. The fourth-order valence-corrected chi connectivity index (χ4v) is 1.67. The normalized spacial score (nSPS) is 13.3. The Kier molecular flexibility index (Phi) is 6.80. The first-order chi connectivity index (χ1) is 8.20. The van der Waals surface area contributed by atoms with Gasteiger partial charge in [-0.1, -0.05) is 13.8 Å². The molecule has 0 saturated heterocycles. The highest BCUT2D eigenvalue weighted by Gasteiger charge is 2.31. The van der Waals surface area contributed by atoms with E-state index in [2.05, 4.69) is 0 Å². The summed E-state index contributed by atoms with van der Waals surface area (Å²) < 4.78 is 50.7. The Morgan fingerprint density at radius 1 is 1.11 bits per heavy atom. The van der Waals surface area contributed by atoms with Crippen LogP contribution in [0.4, 0.5) is 17.6 Å². The van der Waals surface area contributed by atoms with E-state index in [-0.39, 0.29) is 18.0 Å². The van der Waals surface area contributed by atoms with E-state index in [1.807, 2.05) is 13.8 Å². The maximum Gasteiger partial charge on any atom is 0.416 e. The number of alkyl halides is 3. The van der Waals surface area contributed by atoms with E-state index >= 15 is 0 Å². The van der Waals surface area contributed by atoms with E-state index in [1.165, 1.54) is 0 Å². The van der Waals surface area contributed by atoms with E-state index in [0.29, 0.717) is 18.4 Å². The molecule has 0 amide bonds. The maximum atomic E-state index is 13.2. The smallest absolute Gasteiger partial charge is 0.324 e. The number of nitrogens with two attached hydrogens (primary N) is 1. The van der Waals surface area contributed by atoms with Crippen LogP contribution in [0.1, 0.15) is 43.9 Å². The van der Waals surface area contributed by atoms with Crippen LogP contribution in [-0.4, -0.2) is 0 Å². The fraction of sp³-hybridized carbons (Fsp3) is 0.538. The summed E-state index contributed by atoms with van der Waals surface area (Å²) in [6.07, 6.45) is -3.22. The van der Waals surface area contributed by atoms with Crippen LogP contribution in [0.3, 0.4) is 0 Å². The molecule has 1 atom stereocenters. The van der Waals surface area contributed by atoms with Crippen LogP contribution in [-0.2, 0) is 6.18 Å². The molecular weight excluding hydrogens is 282 g/mol. The lowest BCUT2D eigenvalue weighted by molar-refractivity contribution is -0.137. The van der Waals surface area contributed by atoms with Crippen molar-refractivity contribution in [2.24, 2.45) is 11.7 Å². The topological polar surface area (TPSA) is 26.0 Å². The van der Waals surface area contributed by atoms with Crippen molar-refractivity contribution in [1.82, 2.24) is 0 Å². The molecule has 2 N–H and O–H groups in total. The Bertz CT molecular complexity index is 404. The van der Waals surface area contributed by atoms with Crippen molar-refractivity contribution in [1.29, 1.82) is 0 Å². The number of hydrogen-bond acceptors (Lipinski definition) is 1. The van der Waals surface area contributed by atoms with Crippen LogP contribution in [0.5, 0.6) is 0 Å². The van der Waals surface area contributed by atoms with Crippen molar-refractivity contribution in [2.45, 2.75) is 38.9 Å². The first-order valence-electron chi connectivity index (χ1n) is 5.83. The van der Waals surface area contributed by atoms with Crippen molar-refractivity contribution in [3.05, 3.63) is 35.1 Å². The molecular formula is C13H18ClF4N. The van der Waals surface area contributed by atoms with Gasteiger partial charge in [-0.15, -0.1) is 12.4 Å². The second kappa shape index (κ2) is 7.10. The lowest BCUT2D eigenvalue weighted by Gasteiger charge is -2.16. The monoisotopic (exact) mass is 299 g/mol. The molecule has 1 rings (SSSR count). The molecule has 19 heavy (non-hydrogen) atoms. The molecule has 0 radical (unpaired) electrons. The minimum absolute atomic E-state index is 0. The van der Waals surface area contributed by atoms with Crippen molar-refractivity contribution in [3.8, 4) is 0 Å². The van der Waals surface area contributed by atoms with Crippen molar-refractivity contribution in [3.63, 3.8) is 0 Å². The molecule has 110 valence electrons. The summed E-state index contributed by atoms with van der Waals surface area (Å²) in [6, 6.07) is 1.91. The third kappa shape index (κ3) is 5.78. The Balaban J connectivity index is 0.00000324. The minimum Gasteiger partial charge on any atom is -0.324 e. The zero-order valence-corrected chi connectivity index (χ0v) is 11.6. The highest BCUT2D eigenvalue weighted by atomic mass is 35.5. The van der Waals surface area contributed by atoms with Crippen LogP contribution in [0, 0.1) is 11.7 Å². The molecule has 0 unspecified atom stereocenters. The lowest BCUT2D eigenvalue weighted by Crippen LogP contribution is -2.14. The SMILES string of the molecule is CC(C)CC[C@@H](N)c1cc(F)cc(C(F)(F)F)c1.Cl. The van der Waals surface area contributed by atoms with E-state index < -0.39 is 23.6 Å². The summed E-state index contributed by atoms with van der Waals surface area (Å²) in [5.41, 5.74) is 5.00. The maximum absolute atomic E-state index is 13.2. The van der Waals surface area contributed by atoms with Crippen molar-refractivity contribution >= 4 is 12.4 Å². The Labute approximate surface area is 116 Å². The van der Waals surface area contributed by atoms with Crippen molar-refractivity contribution < 1.29 is 17.6 Å². The van der Waals surface area contributed by atoms with Crippen LogP contribution >= 0.6 is 12.4 Å². The van der Waals surface area contributed by atoms with Crippen LogP contribution in [0.15, 0.2) is 18.2 Å². The second-order valence-electron chi connectivity index (χ2n) is 4.85. The first-order valence-corrected chi connectivity index (χ1v) is 5.83. The molecule has 1 aromatic carbocycles. The molecule has 0 spiro atoms. The van der Waals surface area contributed by atoms with Gasteiger partial charge in [0.05, 0.1) is 5.56 Å². The molecule has 0 aliphatic carbocycles. The molecule has 1 aromatic rings. The fourth-order valence-electron chi connectivity index (χ4n) is 1.67. The molecule has 1 nitrogen and oxygen atoms in total. The highest BCUT2D eigenvalue weighted by molar-refractivity contribution is 5.85. The molecule has 0 fully saturated rings. The molecule has 0 heterocycles. The highest BCUT2D eigenvalue weighted by Crippen LogP contribution is 2.32. The Morgan fingerprint density at radius 2 is 1.68 bits per heavy atom. The summed E-state index contributed by atoms with van der Waals surface area (Å²) in [4.78, 5) is 0. The van der Waals surface area contributed by atoms with Crippen LogP contribution in [0.2, 0.25) is 0 Å². The molecule has 6 heteroatoms. The number of halogens is 5. The number of benzene rings is 1. The van der Waals surface area contributed by atoms with Gasteiger partial charge in [0.25, 0.3) is 0 Å². The van der Waals surface area contributed by atoms with Gasteiger partial charge in [0.15, 0.2) is 0 Å². The zero-order chi connectivity index (χ0) is 13.9. The first kappa shape index (κ1) is 18.2. The van der Waals surface area contributed by atoms with Gasteiger partial charge in [-0.25, -0.2) is 4.39 Å². The predicted molar refractivity (Wildman–Crippen MR) is 69.7 cm³/mol. The van der Waals surface area contributed by atoms with Gasteiger partial charge in [-0.05, 0) is 42.5 Å². The van der Waals surface area contributed by atoms with Gasteiger partial charge in [0, 0.05) is 6.04 Å². The van der Waals surface area contributed by atoms with Gasteiger partial charge in [-0.3, -0.25) is 0 Å². The summed E-state index contributed by atoms with van der Waals surface area (Å²) in [5.74, 6) is -0.494. The third-order valence-electron chi connectivity index (χ3n) is 2.73. The lowest BCUT2D eigenvalue weighted by atomic mass is 9.97. The molecule has 0 aromatic heterocycles. The Morgan fingerprint density at radius 3 is 2.16 bits per heavy atom. The van der Waals surface area contributed by atoms with Crippen LogP contribution < -0.4 is 5.73 Å². The zero-order valence-electron chi connectivity index (χ0n) is 10.8. The van der Waals surface area contributed by atoms with E-state index in [9.17, 15) is 17.6 Å². The van der Waals surface area contributed by atoms with E-state index in [0.717, 1.165) is 18.6 Å². The average molecular weight is 300 g/mol. The van der Waals surface area contributed by atoms with Gasteiger partial charge in [-0.2, -0.15) is 13.2 Å². The molecule has 0 aliphatic rings. The summed E-state index contributed by atoms with van der Waals surface area (Å²) in [7, 11) is 0. The largest absolute Gasteiger partial charge is 0.416 e. The average Bonchev–Trinajstić information content (AvgIpc) is 2.23. The number of rotatable bonds is 4. The molecule has 0 saturated carbocycles. The van der Waals surface area contributed by atoms with E-state index in [4.69, 9.17) is 5.73 Å². The van der Waals surface area contributed by atoms with Crippen LogP contribution in [0.25, 0.3) is 0 Å². The van der Waals surface area contributed by atoms with Gasteiger partial charge in [0.2, 0.25) is 0 Å².